The van der Waals surface area contributed by atoms with E-state index in [1.807, 2.05) is 0 Å². The number of allylic oxidation sites excluding steroid dienone is 14. The van der Waals surface area contributed by atoms with Gasteiger partial charge in [-0.25, -0.2) is 9.13 Å². The molecule has 0 saturated carbocycles. The second-order valence-corrected chi connectivity index (χ2v) is 28.8. The Morgan fingerprint density at radius 2 is 0.531 bits per heavy atom. The summed E-state index contributed by atoms with van der Waals surface area (Å²) in [6.45, 7) is 4.70. The summed E-state index contributed by atoms with van der Waals surface area (Å²) < 4.78 is 68.5. The Morgan fingerprint density at radius 1 is 0.296 bits per heavy atom. The number of ether oxygens (including phenoxy) is 4. The van der Waals surface area contributed by atoms with E-state index in [9.17, 15) is 43.2 Å². The number of esters is 4. The molecule has 0 saturated heterocycles. The van der Waals surface area contributed by atoms with Crippen LogP contribution in [0.4, 0.5) is 0 Å². The molecule has 5 atom stereocenters. The van der Waals surface area contributed by atoms with E-state index in [0.29, 0.717) is 25.7 Å². The molecule has 0 aliphatic heterocycles. The standard InChI is InChI=1S/C79H140O17P2/c1-5-9-13-17-21-25-29-32-35-36-39-41-45-48-52-56-60-64-77(82)89-69-74(95-78(83)65-61-57-53-49-43-28-24-20-16-12-8-4)71-93-97(85,86)91-67-73(80)68-92-98(87,88)94-72-75(96-79(84)66-62-58-54-50-46-42-38-34-31-27-23-19-15-11-7-3)70-90-76(81)63-59-55-51-47-44-40-37-33-30-26-22-18-14-10-6-2/h9,13,21-23,25-27,32-35,37-38,73-75,80H,5-8,10-12,14-20,24,28-31,36,39-72H2,1-4H3,(H,85,86)(H,87,88)/b13-9-,25-21-,26-22-,27-23-,35-32-,37-33-,38-34-. The van der Waals surface area contributed by atoms with Crippen LogP contribution in [0.15, 0.2) is 85.1 Å². The first-order chi connectivity index (χ1) is 47.7. The summed E-state index contributed by atoms with van der Waals surface area (Å²) in [7, 11) is -9.95. The molecule has 0 fully saturated rings. The normalized spacial score (nSPS) is 14.4. The van der Waals surface area contributed by atoms with Gasteiger partial charge >= 0.3 is 39.5 Å². The zero-order chi connectivity index (χ0) is 71.8. The van der Waals surface area contributed by atoms with E-state index in [1.165, 1.54) is 77.0 Å². The highest BCUT2D eigenvalue weighted by atomic mass is 31.2. The van der Waals surface area contributed by atoms with Crippen LogP contribution in [0.25, 0.3) is 0 Å². The van der Waals surface area contributed by atoms with Crippen molar-refractivity contribution in [2.45, 2.75) is 354 Å². The van der Waals surface area contributed by atoms with Crippen LogP contribution in [-0.2, 0) is 65.4 Å². The molecule has 19 heteroatoms. The second-order valence-electron chi connectivity index (χ2n) is 25.9. The Labute approximate surface area is 595 Å². The fourth-order valence-electron chi connectivity index (χ4n) is 10.4. The van der Waals surface area contributed by atoms with Gasteiger partial charge < -0.3 is 33.8 Å². The monoisotopic (exact) mass is 1420 g/mol. The Morgan fingerprint density at radius 3 is 0.837 bits per heavy atom. The lowest BCUT2D eigenvalue weighted by atomic mass is 10.1. The maximum absolute atomic E-state index is 13.1. The van der Waals surface area contributed by atoms with E-state index in [2.05, 4.69) is 113 Å². The molecular weight excluding hydrogens is 1280 g/mol. The van der Waals surface area contributed by atoms with Gasteiger partial charge in [-0.15, -0.1) is 0 Å². The number of hydrogen-bond donors (Lipinski definition) is 3. The predicted octanol–water partition coefficient (Wildman–Crippen LogP) is 22.2. The minimum absolute atomic E-state index is 0.0777. The molecule has 0 aliphatic carbocycles. The molecule has 568 valence electrons. The summed E-state index contributed by atoms with van der Waals surface area (Å²) in [4.78, 5) is 72.8. The Hall–Kier alpha value is -3.76. The van der Waals surface area contributed by atoms with Crippen LogP contribution in [-0.4, -0.2) is 96.7 Å². The highest BCUT2D eigenvalue weighted by molar-refractivity contribution is 7.47. The number of hydrogen-bond acceptors (Lipinski definition) is 15. The van der Waals surface area contributed by atoms with Gasteiger partial charge in [-0.05, 0) is 122 Å². The highest BCUT2D eigenvalue weighted by Gasteiger charge is 2.30. The van der Waals surface area contributed by atoms with Crippen molar-refractivity contribution in [3.05, 3.63) is 85.1 Å². The third-order valence-corrected chi connectivity index (χ3v) is 18.2. The summed E-state index contributed by atoms with van der Waals surface area (Å²) in [6.07, 6.45) is 72.8. The largest absolute Gasteiger partial charge is 0.472 e. The Balaban J connectivity index is 5.33. The second kappa shape index (κ2) is 71.6. The van der Waals surface area contributed by atoms with Gasteiger partial charge in [0.05, 0.1) is 26.4 Å². The number of aliphatic hydroxyl groups is 1. The number of rotatable bonds is 73. The Kier molecular flexibility index (Phi) is 68.9. The zero-order valence-electron chi connectivity index (χ0n) is 62.0. The van der Waals surface area contributed by atoms with Crippen LogP contribution < -0.4 is 0 Å². The van der Waals surface area contributed by atoms with E-state index in [0.717, 1.165) is 180 Å². The van der Waals surface area contributed by atoms with Gasteiger partial charge in [0, 0.05) is 25.7 Å². The van der Waals surface area contributed by atoms with Crippen LogP contribution in [0.5, 0.6) is 0 Å². The summed E-state index contributed by atoms with van der Waals surface area (Å²) in [5, 5.41) is 10.6. The molecule has 3 N–H and O–H groups in total. The van der Waals surface area contributed by atoms with E-state index in [-0.39, 0.29) is 25.7 Å². The lowest BCUT2D eigenvalue weighted by molar-refractivity contribution is -0.161. The van der Waals surface area contributed by atoms with E-state index in [4.69, 9.17) is 37.0 Å². The van der Waals surface area contributed by atoms with Crippen molar-refractivity contribution in [1.82, 2.24) is 0 Å². The van der Waals surface area contributed by atoms with Crippen molar-refractivity contribution in [3.8, 4) is 0 Å². The average Bonchev–Trinajstić information content (AvgIpc) is 0.986. The maximum Gasteiger partial charge on any atom is 0.472 e. The molecule has 0 aromatic rings. The lowest BCUT2D eigenvalue weighted by Crippen LogP contribution is -2.30. The van der Waals surface area contributed by atoms with E-state index in [1.54, 1.807) is 0 Å². The van der Waals surface area contributed by atoms with E-state index >= 15 is 0 Å². The number of phosphoric acid groups is 2. The summed E-state index contributed by atoms with van der Waals surface area (Å²) in [5.74, 6) is -2.20. The molecule has 0 rings (SSSR count). The summed E-state index contributed by atoms with van der Waals surface area (Å²) in [5.41, 5.74) is 0. The zero-order valence-corrected chi connectivity index (χ0v) is 63.7. The van der Waals surface area contributed by atoms with Gasteiger partial charge in [0.1, 0.15) is 19.3 Å². The van der Waals surface area contributed by atoms with Gasteiger partial charge in [0.2, 0.25) is 0 Å². The molecule has 98 heavy (non-hydrogen) atoms. The molecule has 5 unspecified atom stereocenters. The first-order valence-electron chi connectivity index (χ1n) is 38.8. The minimum Gasteiger partial charge on any atom is -0.462 e. The van der Waals surface area contributed by atoms with Gasteiger partial charge in [-0.3, -0.25) is 37.3 Å². The average molecular weight is 1420 g/mol. The molecule has 0 aromatic carbocycles. The molecule has 0 aliphatic rings. The van der Waals surface area contributed by atoms with Crippen molar-refractivity contribution in [3.63, 3.8) is 0 Å². The van der Waals surface area contributed by atoms with Gasteiger partial charge in [-0.1, -0.05) is 273 Å². The number of carbonyl (C=O) groups excluding carboxylic acids is 4. The maximum atomic E-state index is 13.1. The van der Waals surface area contributed by atoms with Crippen LogP contribution in [0.2, 0.25) is 0 Å². The van der Waals surface area contributed by atoms with Crippen LogP contribution in [0.3, 0.4) is 0 Å². The van der Waals surface area contributed by atoms with Crippen molar-refractivity contribution >= 4 is 39.5 Å². The Bertz CT molecular complexity index is 2190. The first kappa shape index (κ1) is 94.2. The smallest absolute Gasteiger partial charge is 0.462 e. The predicted molar refractivity (Wildman–Crippen MR) is 399 cm³/mol. The molecule has 0 radical (unpaired) electrons. The van der Waals surface area contributed by atoms with Crippen molar-refractivity contribution in [1.29, 1.82) is 0 Å². The molecule has 0 amide bonds. The van der Waals surface area contributed by atoms with Crippen LogP contribution in [0, 0.1) is 0 Å². The third-order valence-electron chi connectivity index (χ3n) is 16.3. The van der Waals surface area contributed by atoms with Crippen LogP contribution in [0.1, 0.15) is 336 Å². The van der Waals surface area contributed by atoms with Crippen molar-refractivity contribution in [2.24, 2.45) is 0 Å². The van der Waals surface area contributed by atoms with Gasteiger partial charge in [0.25, 0.3) is 0 Å². The molecular formula is C79H140O17P2. The fraction of sp³-hybridized carbons (Fsp3) is 0.772. The van der Waals surface area contributed by atoms with E-state index < -0.39 is 97.5 Å². The number of phosphoric ester groups is 2. The molecule has 0 heterocycles. The SMILES string of the molecule is CC/C=C\C/C=C\C/C=C\CCCCCCCCCC(=O)OCC(COP(=O)(O)OCC(O)COP(=O)(O)OCC(COC(=O)CCCCCCC/C=C\C/C=C\CCCCC)OC(=O)CCCCCCC/C=C\C/C=C\CCCCC)OC(=O)CCCCCCCCCCCCC. The summed E-state index contributed by atoms with van der Waals surface area (Å²) >= 11 is 0. The number of unbranched alkanes of at least 4 members (excludes halogenated alkanes) is 33. The fourth-order valence-corrected chi connectivity index (χ4v) is 12.0. The third kappa shape index (κ3) is 70.7. The van der Waals surface area contributed by atoms with Gasteiger partial charge in [0.15, 0.2) is 12.2 Å². The van der Waals surface area contributed by atoms with Crippen LogP contribution >= 0.6 is 15.6 Å². The lowest BCUT2D eigenvalue weighted by Gasteiger charge is -2.21. The van der Waals surface area contributed by atoms with Crippen molar-refractivity contribution < 1.29 is 80.2 Å². The molecule has 0 aromatic heterocycles. The van der Waals surface area contributed by atoms with Crippen molar-refractivity contribution in [2.75, 3.05) is 39.6 Å². The topological polar surface area (TPSA) is 237 Å². The summed E-state index contributed by atoms with van der Waals surface area (Å²) in [6, 6.07) is 0. The quantitative estimate of drug-likeness (QED) is 0.0169. The number of carbonyl (C=O) groups is 4. The highest BCUT2D eigenvalue weighted by Crippen LogP contribution is 2.45. The number of aliphatic hydroxyl groups excluding tert-OH is 1. The minimum atomic E-state index is -4.98. The molecule has 0 spiro atoms. The first-order valence-corrected chi connectivity index (χ1v) is 41.8. The molecule has 17 nitrogen and oxygen atoms in total. The molecule has 0 bridgehead atoms. The van der Waals surface area contributed by atoms with Gasteiger partial charge in [-0.2, -0.15) is 0 Å².